The second kappa shape index (κ2) is 7.79. The maximum Gasteiger partial charge on any atom is 0.413 e. The van der Waals surface area contributed by atoms with Crippen molar-refractivity contribution in [2.45, 2.75) is 19.8 Å². The van der Waals surface area contributed by atoms with Crippen LogP contribution in [0.1, 0.15) is 34.8 Å². The molecule has 1 heterocycles. The first-order valence-electron chi connectivity index (χ1n) is 8.43. The van der Waals surface area contributed by atoms with E-state index < -0.39 is 0 Å². The number of nitrogens with zero attached hydrogens (tertiary/aromatic N) is 1. The predicted molar refractivity (Wildman–Crippen MR) is 97.2 cm³/mol. The first-order valence-corrected chi connectivity index (χ1v) is 8.43. The van der Waals surface area contributed by atoms with E-state index in [1.54, 1.807) is 11.8 Å². The minimum Gasteiger partial charge on any atom is -0.447 e. The fourth-order valence-electron chi connectivity index (χ4n) is 2.84. The van der Waals surface area contributed by atoms with Crippen LogP contribution < -0.4 is 0 Å². The van der Waals surface area contributed by atoms with E-state index in [0.717, 1.165) is 24.0 Å². The molecule has 0 aromatic heterocycles. The maximum atomic E-state index is 11.8. The van der Waals surface area contributed by atoms with Gasteiger partial charge in [0.15, 0.2) is 5.78 Å². The molecular weight excluding hydrogens is 314 g/mol. The van der Waals surface area contributed by atoms with Gasteiger partial charge in [-0.3, -0.25) is 9.69 Å². The van der Waals surface area contributed by atoms with Gasteiger partial charge in [0.05, 0.1) is 6.54 Å². The topological polar surface area (TPSA) is 46.6 Å². The van der Waals surface area contributed by atoms with Gasteiger partial charge in [-0.2, -0.15) is 0 Å². The average Bonchev–Trinajstić information content (AvgIpc) is 3.04. The summed E-state index contributed by atoms with van der Waals surface area (Å²) < 4.78 is 5.01. The molecule has 1 aliphatic heterocycles. The lowest BCUT2D eigenvalue weighted by atomic mass is 9.97. The Morgan fingerprint density at radius 3 is 2.36 bits per heavy atom. The summed E-state index contributed by atoms with van der Waals surface area (Å²) >= 11 is 0. The summed E-state index contributed by atoms with van der Waals surface area (Å²) in [7, 11) is 0. The maximum absolute atomic E-state index is 11.8. The molecule has 0 unspecified atom stereocenters. The van der Waals surface area contributed by atoms with E-state index >= 15 is 0 Å². The van der Waals surface area contributed by atoms with Gasteiger partial charge in [0.25, 0.3) is 0 Å². The molecule has 3 rings (SSSR count). The Hall–Kier alpha value is -2.88. The molecule has 1 amide bonds. The van der Waals surface area contributed by atoms with Gasteiger partial charge < -0.3 is 4.74 Å². The molecule has 0 atom stereocenters. The van der Waals surface area contributed by atoms with Crippen LogP contribution in [0.15, 0.2) is 60.8 Å². The molecule has 0 N–H and O–H groups in total. The largest absolute Gasteiger partial charge is 0.447 e. The number of benzene rings is 2. The van der Waals surface area contributed by atoms with Gasteiger partial charge in [0, 0.05) is 11.8 Å². The van der Waals surface area contributed by atoms with Gasteiger partial charge in [-0.1, -0.05) is 54.6 Å². The van der Waals surface area contributed by atoms with E-state index in [9.17, 15) is 9.59 Å². The molecule has 25 heavy (non-hydrogen) atoms. The standard InChI is InChI=1S/C21H21NO3/c1-16(23)18-9-11-19(12-10-18)20(15-22-13-14-25-21(22)24)8-7-17-5-3-2-4-6-17/h2-6,9-12,15H,7-8,13-14H2,1H3/b20-15+. The zero-order chi connectivity index (χ0) is 17.6. The average molecular weight is 335 g/mol. The predicted octanol–water partition coefficient (Wildman–Crippen LogP) is 4.32. The van der Waals surface area contributed by atoms with Gasteiger partial charge in [-0.25, -0.2) is 4.79 Å². The van der Waals surface area contributed by atoms with Crippen molar-refractivity contribution >= 4 is 17.4 Å². The molecule has 0 aliphatic carbocycles. The molecule has 2 aromatic rings. The van der Waals surface area contributed by atoms with E-state index in [-0.39, 0.29) is 11.9 Å². The van der Waals surface area contributed by atoms with Crippen molar-refractivity contribution in [1.82, 2.24) is 4.90 Å². The summed E-state index contributed by atoms with van der Waals surface area (Å²) in [5.41, 5.74) is 4.00. The summed E-state index contributed by atoms with van der Waals surface area (Å²) in [4.78, 5) is 24.9. The van der Waals surface area contributed by atoms with Gasteiger partial charge in [-0.05, 0) is 36.5 Å². The van der Waals surface area contributed by atoms with Crippen LogP contribution in [-0.2, 0) is 11.2 Å². The molecule has 1 aliphatic rings. The Kier molecular flexibility index (Phi) is 5.29. The van der Waals surface area contributed by atoms with Crippen molar-refractivity contribution < 1.29 is 14.3 Å². The molecule has 2 aromatic carbocycles. The molecule has 128 valence electrons. The lowest BCUT2D eigenvalue weighted by molar-refractivity contribution is 0.101. The summed E-state index contributed by atoms with van der Waals surface area (Å²) in [6.45, 7) is 2.55. The number of ketones is 1. The fraction of sp³-hybridized carbons (Fsp3) is 0.238. The van der Waals surface area contributed by atoms with Crippen LogP contribution in [0.2, 0.25) is 0 Å². The molecule has 0 radical (unpaired) electrons. The quantitative estimate of drug-likeness (QED) is 0.739. The number of cyclic esters (lactones) is 1. The number of hydrogen-bond donors (Lipinski definition) is 0. The SMILES string of the molecule is CC(=O)c1ccc(/C(=C/N2CCOC2=O)CCc2ccccc2)cc1. The highest BCUT2D eigenvalue weighted by atomic mass is 16.6. The third-order valence-corrected chi connectivity index (χ3v) is 4.29. The Bertz CT molecular complexity index is 779. The molecule has 1 saturated heterocycles. The van der Waals surface area contributed by atoms with Crippen molar-refractivity contribution in [1.29, 1.82) is 0 Å². The molecule has 0 bridgehead atoms. The monoisotopic (exact) mass is 335 g/mol. The van der Waals surface area contributed by atoms with Crippen LogP contribution in [0, 0.1) is 0 Å². The van der Waals surface area contributed by atoms with Crippen molar-refractivity contribution in [2.75, 3.05) is 13.2 Å². The van der Waals surface area contributed by atoms with Crippen LogP contribution in [0.5, 0.6) is 0 Å². The van der Waals surface area contributed by atoms with Crippen LogP contribution >= 0.6 is 0 Å². The normalized spacial score (nSPS) is 14.5. The van der Waals surface area contributed by atoms with E-state index in [1.165, 1.54) is 5.56 Å². The van der Waals surface area contributed by atoms with Gasteiger partial charge in [0.1, 0.15) is 6.61 Å². The zero-order valence-electron chi connectivity index (χ0n) is 14.3. The van der Waals surface area contributed by atoms with Gasteiger partial charge >= 0.3 is 6.09 Å². The highest BCUT2D eigenvalue weighted by molar-refractivity contribution is 5.94. The number of allylic oxidation sites excluding steroid dienone is 1. The lowest BCUT2D eigenvalue weighted by Crippen LogP contribution is -2.17. The fourth-order valence-corrected chi connectivity index (χ4v) is 2.84. The Morgan fingerprint density at radius 1 is 1.08 bits per heavy atom. The van der Waals surface area contributed by atoms with Gasteiger partial charge in [-0.15, -0.1) is 0 Å². The highest BCUT2D eigenvalue weighted by Gasteiger charge is 2.20. The number of ether oxygens (including phenoxy) is 1. The number of rotatable bonds is 6. The summed E-state index contributed by atoms with van der Waals surface area (Å²) in [6, 6.07) is 17.8. The second-order valence-electron chi connectivity index (χ2n) is 6.08. The van der Waals surface area contributed by atoms with Crippen molar-refractivity contribution in [2.24, 2.45) is 0 Å². The minimum absolute atomic E-state index is 0.0458. The summed E-state index contributed by atoms with van der Waals surface area (Å²) in [6.07, 6.45) is 3.25. The molecule has 4 heteroatoms. The highest BCUT2D eigenvalue weighted by Crippen LogP contribution is 2.23. The molecule has 0 saturated carbocycles. The number of carbonyl (C=O) groups excluding carboxylic acids is 2. The Labute approximate surface area is 147 Å². The number of Topliss-reactive ketones (excluding diaryl/α,β-unsaturated/α-hetero) is 1. The second-order valence-corrected chi connectivity index (χ2v) is 6.08. The first kappa shape index (κ1) is 17.0. The first-order chi connectivity index (χ1) is 12.1. The van der Waals surface area contributed by atoms with Crippen molar-refractivity contribution in [3.05, 3.63) is 77.5 Å². The third kappa shape index (κ3) is 4.35. The van der Waals surface area contributed by atoms with Crippen molar-refractivity contribution in [3.63, 3.8) is 0 Å². The molecular formula is C21H21NO3. The Balaban J connectivity index is 1.84. The number of hydrogen-bond acceptors (Lipinski definition) is 3. The van der Waals surface area contributed by atoms with E-state index in [2.05, 4.69) is 12.1 Å². The smallest absolute Gasteiger partial charge is 0.413 e. The van der Waals surface area contributed by atoms with Crippen LogP contribution in [0.4, 0.5) is 4.79 Å². The summed E-state index contributed by atoms with van der Waals surface area (Å²) in [5.74, 6) is 0.0458. The van der Waals surface area contributed by atoms with Crippen molar-refractivity contribution in [3.8, 4) is 0 Å². The number of amides is 1. The molecule has 4 nitrogen and oxygen atoms in total. The Morgan fingerprint density at radius 2 is 1.76 bits per heavy atom. The lowest BCUT2D eigenvalue weighted by Gasteiger charge is -2.13. The van der Waals surface area contributed by atoms with Crippen LogP contribution in [-0.4, -0.2) is 29.9 Å². The number of carbonyl (C=O) groups is 2. The number of aryl methyl sites for hydroxylation is 1. The van der Waals surface area contributed by atoms with E-state index in [1.807, 2.05) is 48.7 Å². The molecule has 1 fully saturated rings. The minimum atomic E-state index is -0.308. The van der Waals surface area contributed by atoms with Crippen LogP contribution in [0.3, 0.4) is 0 Å². The molecule has 0 spiro atoms. The van der Waals surface area contributed by atoms with Crippen LogP contribution in [0.25, 0.3) is 5.57 Å². The van der Waals surface area contributed by atoms with E-state index in [4.69, 9.17) is 4.74 Å². The third-order valence-electron chi connectivity index (χ3n) is 4.29. The van der Waals surface area contributed by atoms with Gasteiger partial charge in [0.2, 0.25) is 0 Å². The van der Waals surface area contributed by atoms with E-state index in [0.29, 0.717) is 18.7 Å². The zero-order valence-corrected chi connectivity index (χ0v) is 14.3. The summed E-state index contributed by atoms with van der Waals surface area (Å²) in [5, 5.41) is 0.